The first-order valence-electron chi connectivity index (χ1n) is 8.67. The van der Waals surface area contributed by atoms with E-state index >= 15 is 0 Å². The maximum absolute atomic E-state index is 12.8. The lowest BCUT2D eigenvalue weighted by atomic mass is 9.91. The minimum absolute atomic E-state index is 0. The van der Waals surface area contributed by atoms with Crippen LogP contribution in [-0.4, -0.2) is 42.6 Å². The third kappa shape index (κ3) is 5.40. The number of hydrogen-bond donors (Lipinski definition) is 1. The average Bonchev–Trinajstić information content (AvgIpc) is 2.58. The molecule has 0 saturated carbocycles. The van der Waals surface area contributed by atoms with E-state index in [1.807, 2.05) is 11.0 Å². The van der Waals surface area contributed by atoms with Crippen LogP contribution in [0.5, 0.6) is 5.75 Å². The van der Waals surface area contributed by atoms with E-state index in [4.69, 9.17) is 27.9 Å². The second-order valence-electron chi connectivity index (χ2n) is 6.82. The highest BCUT2D eigenvalue weighted by atomic mass is 35.5. The molecule has 1 aromatic rings. The number of amides is 1. The molecule has 3 atom stereocenters. The Hall–Kier alpha value is -0.680. The highest BCUT2D eigenvalue weighted by molar-refractivity contribution is 6.42. The normalized spacial score (nSPS) is 26.7. The van der Waals surface area contributed by atoms with Crippen molar-refractivity contribution in [3.05, 3.63) is 28.2 Å². The molecule has 2 saturated heterocycles. The number of ether oxygens (including phenoxy) is 1. The van der Waals surface area contributed by atoms with Gasteiger partial charge in [0, 0.05) is 24.6 Å². The fourth-order valence-corrected chi connectivity index (χ4v) is 3.88. The summed E-state index contributed by atoms with van der Waals surface area (Å²) >= 11 is 12.0. The molecule has 2 aliphatic heterocycles. The second kappa shape index (κ2) is 9.31. The lowest BCUT2D eigenvalue weighted by Gasteiger charge is -2.37. The Labute approximate surface area is 165 Å². The van der Waals surface area contributed by atoms with Crippen molar-refractivity contribution in [2.75, 3.05) is 19.6 Å². The number of nitrogens with zero attached hydrogens (tertiary/aromatic N) is 1. The van der Waals surface area contributed by atoms with Crippen LogP contribution in [0.1, 0.15) is 32.6 Å². The molecular weight excluding hydrogens is 383 g/mol. The van der Waals surface area contributed by atoms with Gasteiger partial charge in [-0.25, -0.2) is 0 Å². The monoisotopic (exact) mass is 406 g/mol. The maximum Gasteiger partial charge on any atom is 0.225 e. The van der Waals surface area contributed by atoms with E-state index < -0.39 is 0 Å². The van der Waals surface area contributed by atoms with Crippen LogP contribution in [0.3, 0.4) is 0 Å². The van der Waals surface area contributed by atoms with Gasteiger partial charge in [-0.15, -0.1) is 12.4 Å². The van der Waals surface area contributed by atoms with Gasteiger partial charge in [0.25, 0.3) is 0 Å². The van der Waals surface area contributed by atoms with Crippen molar-refractivity contribution in [2.45, 2.75) is 44.8 Å². The number of benzene rings is 1. The van der Waals surface area contributed by atoms with Gasteiger partial charge >= 0.3 is 0 Å². The first-order valence-corrected chi connectivity index (χ1v) is 9.42. The molecule has 2 fully saturated rings. The zero-order valence-corrected chi connectivity index (χ0v) is 16.7. The Morgan fingerprint density at radius 3 is 2.80 bits per heavy atom. The van der Waals surface area contributed by atoms with Crippen molar-refractivity contribution < 1.29 is 9.53 Å². The molecule has 2 heterocycles. The Morgan fingerprint density at radius 1 is 1.28 bits per heavy atom. The number of nitrogens with one attached hydrogen (secondary N) is 1. The van der Waals surface area contributed by atoms with Crippen LogP contribution >= 0.6 is 35.6 Å². The van der Waals surface area contributed by atoms with E-state index in [1.54, 1.807) is 12.1 Å². The molecule has 0 aliphatic carbocycles. The van der Waals surface area contributed by atoms with Gasteiger partial charge in [-0.3, -0.25) is 4.79 Å². The van der Waals surface area contributed by atoms with Gasteiger partial charge in [-0.1, -0.05) is 23.2 Å². The summed E-state index contributed by atoms with van der Waals surface area (Å²) in [7, 11) is 0. The Morgan fingerprint density at radius 2 is 2.08 bits per heavy atom. The number of halogens is 3. The highest BCUT2D eigenvalue weighted by Crippen LogP contribution is 2.28. The predicted octanol–water partition coefficient (Wildman–Crippen LogP) is 4.17. The minimum Gasteiger partial charge on any atom is -0.489 e. The number of rotatable bonds is 3. The molecule has 1 amide bonds. The van der Waals surface area contributed by atoms with E-state index in [9.17, 15) is 4.79 Å². The van der Waals surface area contributed by atoms with Crippen LogP contribution in [0.15, 0.2) is 18.2 Å². The van der Waals surface area contributed by atoms with Gasteiger partial charge in [-0.05, 0) is 51.3 Å². The summed E-state index contributed by atoms with van der Waals surface area (Å²) in [4.78, 5) is 14.8. The van der Waals surface area contributed by atoms with Gasteiger partial charge in [-0.2, -0.15) is 0 Å². The molecular formula is C18H25Cl3N2O2. The number of piperidine rings is 2. The van der Waals surface area contributed by atoms with Crippen LogP contribution in [0.2, 0.25) is 10.0 Å². The molecule has 4 nitrogen and oxygen atoms in total. The number of likely N-dealkylation sites (tertiary alicyclic amines) is 1. The van der Waals surface area contributed by atoms with Crippen molar-refractivity contribution in [3.8, 4) is 5.75 Å². The summed E-state index contributed by atoms with van der Waals surface area (Å²) in [5.41, 5.74) is 0. The zero-order valence-electron chi connectivity index (χ0n) is 14.3. The van der Waals surface area contributed by atoms with E-state index in [1.165, 1.54) is 0 Å². The molecule has 3 rings (SSSR count). The summed E-state index contributed by atoms with van der Waals surface area (Å²) < 4.78 is 6.03. The molecule has 2 aliphatic rings. The predicted molar refractivity (Wildman–Crippen MR) is 104 cm³/mol. The van der Waals surface area contributed by atoms with Crippen LogP contribution < -0.4 is 10.1 Å². The topological polar surface area (TPSA) is 41.6 Å². The molecule has 1 aromatic carbocycles. The van der Waals surface area contributed by atoms with Gasteiger partial charge < -0.3 is 15.0 Å². The molecule has 140 valence electrons. The van der Waals surface area contributed by atoms with E-state index in [-0.39, 0.29) is 30.3 Å². The first kappa shape index (κ1) is 20.6. The van der Waals surface area contributed by atoms with Crippen molar-refractivity contribution in [2.24, 2.45) is 5.92 Å². The second-order valence-corrected chi connectivity index (χ2v) is 7.63. The summed E-state index contributed by atoms with van der Waals surface area (Å²) in [5.74, 6) is 1.13. The third-order valence-corrected chi connectivity index (χ3v) is 5.60. The number of hydrogen-bond acceptors (Lipinski definition) is 3. The number of carbonyl (C=O) groups is 1. The van der Waals surface area contributed by atoms with Gasteiger partial charge in [0.15, 0.2) is 0 Å². The van der Waals surface area contributed by atoms with Gasteiger partial charge in [0.1, 0.15) is 11.9 Å². The van der Waals surface area contributed by atoms with Gasteiger partial charge in [0.2, 0.25) is 5.91 Å². The van der Waals surface area contributed by atoms with Crippen molar-refractivity contribution in [3.63, 3.8) is 0 Å². The standard InChI is InChI=1S/C18H24Cl2N2O2.ClH/c1-12-9-13(6-7-21-12)18(23)22-8-2-3-15(11-22)24-14-4-5-16(19)17(20)10-14;/h4-5,10,12-13,15,21H,2-3,6-9,11H2,1H3;1H/t12-,13-,15?;/m0./s1. The summed E-state index contributed by atoms with van der Waals surface area (Å²) in [6, 6.07) is 5.71. The summed E-state index contributed by atoms with van der Waals surface area (Å²) in [5, 5.41) is 4.41. The molecule has 0 radical (unpaired) electrons. The van der Waals surface area contributed by atoms with Crippen molar-refractivity contribution in [1.29, 1.82) is 0 Å². The average molecular weight is 408 g/mol. The molecule has 1 unspecified atom stereocenters. The lowest BCUT2D eigenvalue weighted by molar-refractivity contribution is -0.139. The van der Waals surface area contributed by atoms with Crippen LogP contribution in [0.4, 0.5) is 0 Å². The fourth-order valence-electron chi connectivity index (χ4n) is 3.59. The molecule has 7 heteroatoms. The minimum atomic E-state index is 0. The molecule has 0 spiro atoms. The quantitative estimate of drug-likeness (QED) is 0.817. The van der Waals surface area contributed by atoms with Crippen molar-refractivity contribution >= 4 is 41.5 Å². The smallest absolute Gasteiger partial charge is 0.225 e. The summed E-state index contributed by atoms with van der Waals surface area (Å²) in [6.45, 7) is 4.55. The molecule has 0 bridgehead atoms. The molecule has 0 aromatic heterocycles. The Kier molecular flexibility index (Phi) is 7.68. The van der Waals surface area contributed by atoms with Crippen LogP contribution in [0, 0.1) is 5.92 Å². The summed E-state index contributed by atoms with van der Waals surface area (Å²) in [6.07, 6.45) is 3.79. The Bertz CT molecular complexity index is 600. The van der Waals surface area contributed by atoms with E-state index in [0.717, 1.165) is 38.8 Å². The lowest BCUT2D eigenvalue weighted by Crippen LogP contribution is -2.49. The maximum atomic E-state index is 12.8. The van der Waals surface area contributed by atoms with E-state index in [2.05, 4.69) is 12.2 Å². The third-order valence-electron chi connectivity index (χ3n) is 4.86. The Balaban J connectivity index is 0.00000225. The van der Waals surface area contributed by atoms with Gasteiger partial charge in [0.05, 0.1) is 16.6 Å². The first-order chi connectivity index (χ1) is 11.5. The van der Waals surface area contributed by atoms with Crippen molar-refractivity contribution in [1.82, 2.24) is 10.2 Å². The largest absolute Gasteiger partial charge is 0.489 e. The van der Waals surface area contributed by atoms with Crippen LogP contribution in [0.25, 0.3) is 0 Å². The zero-order chi connectivity index (χ0) is 17.1. The fraction of sp³-hybridized carbons (Fsp3) is 0.611. The number of carbonyl (C=O) groups excluding carboxylic acids is 1. The van der Waals surface area contributed by atoms with E-state index in [0.29, 0.717) is 28.4 Å². The molecule has 25 heavy (non-hydrogen) atoms. The van der Waals surface area contributed by atoms with Crippen LogP contribution in [-0.2, 0) is 4.79 Å². The molecule has 1 N–H and O–H groups in total. The highest BCUT2D eigenvalue weighted by Gasteiger charge is 2.32. The SMILES string of the molecule is C[C@H]1C[C@@H](C(=O)N2CCCC(Oc3ccc(Cl)c(Cl)c3)C2)CCN1.Cl.